The first-order chi connectivity index (χ1) is 7.59. The van der Waals surface area contributed by atoms with Crippen LogP contribution in [0.15, 0.2) is 6.33 Å². The lowest BCUT2D eigenvalue weighted by Crippen LogP contribution is -2.41. The van der Waals surface area contributed by atoms with Crippen molar-refractivity contribution in [1.82, 2.24) is 25.8 Å². The molecule has 16 heavy (non-hydrogen) atoms. The number of aliphatic hydroxyl groups is 1. The molecule has 0 aliphatic carbocycles. The Kier molecular flexibility index (Phi) is 4.21. The normalized spacial score (nSPS) is 11.8. The zero-order valence-electron chi connectivity index (χ0n) is 8.17. The molecule has 0 radical (unpaired) electrons. The molecular weight excluding hydrogens is 218 g/mol. The third-order valence-corrected chi connectivity index (χ3v) is 1.62. The molecule has 9 heteroatoms. The molecule has 0 aliphatic rings. The number of H-pyrrole nitrogens is 1. The summed E-state index contributed by atoms with van der Waals surface area (Å²) >= 11 is 0. The number of urea groups is 1. The molecule has 0 aliphatic heterocycles. The Morgan fingerprint density at radius 2 is 2.25 bits per heavy atom. The van der Waals surface area contributed by atoms with Gasteiger partial charge in [-0.3, -0.25) is 5.10 Å². The Labute approximate surface area is 89.9 Å². The van der Waals surface area contributed by atoms with E-state index < -0.39 is 18.1 Å². The average molecular weight is 229 g/mol. The fraction of sp³-hybridized carbons (Fsp3) is 0.429. The third-order valence-electron chi connectivity index (χ3n) is 1.62. The van der Waals surface area contributed by atoms with Crippen LogP contribution in [0.5, 0.6) is 0 Å². The first-order valence-corrected chi connectivity index (χ1v) is 4.36. The summed E-state index contributed by atoms with van der Waals surface area (Å²) in [4.78, 5) is 25.0. The Hall–Kier alpha value is -2.16. The maximum atomic E-state index is 11.1. The molecule has 2 amide bonds. The average Bonchev–Trinajstić information content (AvgIpc) is 2.75. The number of hydrogen-bond acceptors (Lipinski definition) is 5. The minimum atomic E-state index is -1.61. The van der Waals surface area contributed by atoms with Crippen LogP contribution in [0, 0.1) is 0 Å². The van der Waals surface area contributed by atoms with Crippen molar-refractivity contribution in [3.05, 3.63) is 12.2 Å². The fourth-order valence-corrected chi connectivity index (χ4v) is 0.819. The summed E-state index contributed by atoms with van der Waals surface area (Å²) in [6.45, 7) is -0.230. The van der Waals surface area contributed by atoms with Gasteiger partial charge in [0.25, 0.3) is 0 Å². The SMILES string of the molecule is O=C(NCc1ncn[nH]1)NC[C@H](O)C(=O)O. The van der Waals surface area contributed by atoms with Gasteiger partial charge in [0.1, 0.15) is 12.2 Å². The minimum absolute atomic E-state index is 0.134. The molecule has 88 valence electrons. The molecule has 1 atom stereocenters. The van der Waals surface area contributed by atoms with Crippen LogP contribution in [0.25, 0.3) is 0 Å². The fourth-order valence-electron chi connectivity index (χ4n) is 0.819. The van der Waals surface area contributed by atoms with E-state index in [0.717, 1.165) is 0 Å². The number of nitrogens with zero attached hydrogens (tertiary/aromatic N) is 2. The van der Waals surface area contributed by atoms with Crippen molar-refractivity contribution in [1.29, 1.82) is 0 Å². The van der Waals surface area contributed by atoms with Gasteiger partial charge in [0.05, 0.1) is 13.1 Å². The summed E-state index contributed by atoms with van der Waals surface area (Å²) in [5.41, 5.74) is 0. The van der Waals surface area contributed by atoms with E-state index >= 15 is 0 Å². The van der Waals surface area contributed by atoms with Gasteiger partial charge >= 0.3 is 12.0 Å². The molecule has 0 unspecified atom stereocenters. The molecular formula is C7H11N5O4. The van der Waals surface area contributed by atoms with E-state index in [-0.39, 0.29) is 13.1 Å². The smallest absolute Gasteiger partial charge is 0.334 e. The Bertz CT molecular complexity index is 352. The van der Waals surface area contributed by atoms with Crippen molar-refractivity contribution < 1.29 is 19.8 Å². The van der Waals surface area contributed by atoms with Crippen molar-refractivity contribution >= 4 is 12.0 Å². The summed E-state index contributed by atoms with van der Waals surface area (Å²) in [6.07, 6.45) is -0.320. The number of aromatic nitrogens is 3. The molecule has 1 heterocycles. The maximum absolute atomic E-state index is 11.1. The minimum Gasteiger partial charge on any atom is -0.479 e. The summed E-state index contributed by atoms with van der Waals surface area (Å²) in [5.74, 6) is -0.926. The lowest BCUT2D eigenvalue weighted by atomic mass is 10.4. The van der Waals surface area contributed by atoms with E-state index in [2.05, 4.69) is 25.8 Å². The number of carbonyl (C=O) groups is 2. The van der Waals surface area contributed by atoms with E-state index in [1.165, 1.54) is 6.33 Å². The van der Waals surface area contributed by atoms with Gasteiger partial charge < -0.3 is 20.8 Å². The Morgan fingerprint density at radius 1 is 1.50 bits per heavy atom. The largest absolute Gasteiger partial charge is 0.479 e. The summed E-state index contributed by atoms with van der Waals surface area (Å²) in [6, 6.07) is -0.600. The van der Waals surface area contributed by atoms with Crippen molar-refractivity contribution in [2.45, 2.75) is 12.6 Å². The van der Waals surface area contributed by atoms with E-state index in [4.69, 9.17) is 10.2 Å². The molecule has 1 aromatic heterocycles. The molecule has 0 aromatic carbocycles. The van der Waals surface area contributed by atoms with Crippen LogP contribution in [0.1, 0.15) is 5.82 Å². The van der Waals surface area contributed by atoms with Gasteiger partial charge in [0, 0.05) is 0 Å². The predicted octanol–water partition coefficient (Wildman–Crippen LogP) is -1.95. The number of hydrogen-bond donors (Lipinski definition) is 5. The van der Waals surface area contributed by atoms with Crippen LogP contribution >= 0.6 is 0 Å². The highest BCUT2D eigenvalue weighted by molar-refractivity contribution is 5.76. The number of rotatable bonds is 5. The summed E-state index contributed by atoms with van der Waals surface area (Å²) in [5, 5.41) is 27.9. The number of aromatic amines is 1. The first kappa shape index (κ1) is 11.9. The number of carbonyl (C=O) groups excluding carboxylic acids is 1. The molecule has 5 N–H and O–H groups in total. The lowest BCUT2D eigenvalue weighted by Gasteiger charge is -2.08. The highest BCUT2D eigenvalue weighted by Gasteiger charge is 2.13. The van der Waals surface area contributed by atoms with Crippen molar-refractivity contribution in [2.24, 2.45) is 0 Å². The molecule has 0 spiro atoms. The first-order valence-electron chi connectivity index (χ1n) is 4.36. The molecule has 0 bridgehead atoms. The predicted molar refractivity (Wildman–Crippen MR) is 50.3 cm³/mol. The monoisotopic (exact) mass is 229 g/mol. The Morgan fingerprint density at radius 3 is 2.81 bits per heavy atom. The number of aliphatic carboxylic acids is 1. The van der Waals surface area contributed by atoms with Crippen LogP contribution in [0.2, 0.25) is 0 Å². The van der Waals surface area contributed by atoms with Crippen LogP contribution in [-0.4, -0.2) is 50.0 Å². The molecule has 0 saturated heterocycles. The molecule has 1 aromatic rings. The zero-order valence-corrected chi connectivity index (χ0v) is 8.17. The van der Waals surface area contributed by atoms with Crippen molar-refractivity contribution in [2.75, 3.05) is 6.54 Å². The van der Waals surface area contributed by atoms with Gasteiger partial charge in [-0.25, -0.2) is 14.6 Å². The van der Waals surface area contributed by atoms with E-state index in [0.29, 0.717) is 5.82 Å². The lowest BCUT2D eigenvalue weighted by molar-refractivity contribution is -0.146. The number of amides is 2. The van der Waals surface area contributed by atoms with E-state index in [9.17, 15) is 9.59 Å². The Balaban J connectivity index is 2.19. The highest BCUT2D eigenvalue weighted by atomic mass is 16.4. The number of aliphatic hydroxyl groups excluding tert-OH is 1. The van der Waals surface area contributed by atoms with Crippen LogP contribution in [0.3, 0.4) is 0 Å². The van der Waals surface area contributed by atoms with E-state index in [1.807, 2.05) is 0 Å². The molecule has 9 nitrogen and oxygen atoms in total. The second-order valence-corrected chi connectivity index (χ2v) is 2.85. The topological polar surface area (TPSA) is 140 Å². The van der Waals surface area contributed by atoms with Gasteiger partial charge in [0.2, 0.25) is 0 Å². The number of nitrogens with one attached hydrogen (secondary N) is 3. The van der Waals surface area contributed by atoms with Crippen LogP contribution < -0.4 is 10.6 Å². The standard InChI is InChI=1S/C7H11N5O4/c13-4(6(14)15)1-8-7(16)9-2-5-10-3-11-12-5/h3-4,13H,1-2H2,(H,14,15)(H2,8,9,16)(H,10,11,12)/t4-/m0/s1. The quantitative estimate of drug-likeness (QED) is 0.397. The van der Waals surface area contributed by atoms with Gasteiger partial charge in [-0.1, -0.05) is 0 Å². The van der Waals surface area contributed by atoms with Gasteiger partial charge in [-0.2, -0.15) is 5.10 Å². The third kappa shape index (κ3) is 3.92. The highest BCUT2D eigenvalue weighted by Crippen LogP contribution is 1.84. The van der Waals surface area contributed by atoms with Crippen molar-refractivity contribution in [3.8, 4) is 0 Å². The maximum Gasteiger partial charge on any atom is 0.334 e. The van der Waals surface area contributed by atoms with Crippen LogP contribution in [-0.2, 0) is 11.3 Å². The second kappa shape index (κ2) is 5.66. The van der Waals surface area contributed by atoms with Gasteiger partial charge in [0.15, 0.2) is 6.10 Å². The second-order valence-electron chi connectivity index (χ2n) is 2.85. The van der Waals surface area contributed by atoms with Gasteiger partial charge in [-0.05, 0) is 0 Å². The van der Waals surface area contributed by atoms with Gasteiger partial charge in [-0.15, -0.1) is 0 Å². The van der Waals surface area contributed by atoms with E-state index in [1.54, 1.807) is 0 Å². The number of carboxylic acids is 1. The summed E-state index contributed by atoms with van der Waals surface area (Å²) in [7, 11) is 0. The molecule has 0 fully saturated rings. The zero-order chi connectivity index (χ0) is 12.0. The number of carboxylic acid groups (broad SMARTS) is 1. The van der Waals surface area contributed by atoms with Crippen molar-refractivity contribution in [3.63, 3.8) is 0 Å². The molecule has 1 rings (SSSR count). The van der Waals surface area contributed by atoms with Crippen LogP contribution in [0.4, 0.5) is 4.79 Å². The molecule has 0 saturated carbocycles. The summed E-state index contributed by atoms with van der Waals surface area (Å²) < 4.78 is 0.